The summed E-state index contributed by atoms with van der Waals surface area (Å²) in [6.07, 6.45) is -0.00802. The second-order valence-corrected chi connectivity index (χ2v) is 8.29. The van der Waals surface area contributed by atoms with Crippen molar-refractivity contribution in [3.8, 4) is 11.5 Å². The van der Waals surface area contributed by atoms with Crippen molar-refractivity contribution in [2.24, 2.45) is 0 Å². The highest BCUT2D eigenvalue weighted by Gasteiger charge is 2.46. The van der Waals surface area contributed by atoms with Gasteiger partial charge in [0.05, 0.1) is 43.1 Å². The third kappa shape index (κ3) is 5.25. The van der Waals surface area contributed by atoms with E-state index in [1.807, 2.05) is 58.9 Å². The van der Waals surface area contributed by atoms with Crippen molar-refractivity contribution in [2.45, 2.75) is 46.8 Å². The Balaban J connectivity index is 2.16. The van der Waals surface area contributed by atoms with Crippen LogP contribution < -0.4 is 9.47 Å². The molecule has 7 heteroatoms. The molecule has 1 atom stereocenters. The molecule has 182 valence electrons. The van der Waals surface area contributed by atoms with Gasteiger partial charge in [-0.25, -0.2) is 0 Å². The first-order valence-electron chi connectivity index (χ1n) is 11.7. The minimum absolute atomic E-state index is 0.00802. The van der Waals surface area contributed by atoms with Gasteiger partial charge in [-0.05, 0) is 57.9 Å². The Morgan fingerprint density at radius 2 is 1.76 bits per heavy atom. The van der Waals surface area contributed by atoms with Crippen LogP contribution in [0.2, 0.25) is 0 Å². The Hall–Kier alpha value is -3.32. The quantitative estimate of drug-likeness (QED) is 0.311. The van der Waals surface area contributed by atoms with Crippen LogP contribution in [0.3, 0.4) is 0 Å². The number of aryl methyl sites for hydroxylation is 1. The summed E-state index contributed by atoms with van der Waals surface area (Å²) in [4.78, 5) is 27.8. The average molecular weight is 468 g/mol. The zero-order chi connectivity index (χ0) is 24.8. The summed E-state index contributed by atoms with van der Waals surface area (Å²) >= 11 is 0. The lowest BCUT2D eigenvalue weighted by molar-refractivity contribution is -0.140. The SMILES string of the molecule is CCOc1ccc(/C(O)=C2\C(=O)C(=O)N(CCOC(C)C)C2c2ccccc2C)c(OCC)c1. The van der Waals surface area contributed by atoms with E-state index >= 15 is 0 Å². The smallest absolute Gasteiger partial charge is 0.295 e. The van der Waals surface area contributed by atoms with E-state index in [9.17, 15) is 14.7 Å². The number of Topliss-reactive ketones (excluding diaryl/α,β-unsaturated/α-hetero) is 1. The van der Waals surface area contributed by atoms with Crippen LogP contribution >= 0.6 is 0 Å². The van der Waals surface area contributed by atoms with E-state index < -0.39 is 17.7 Å². The van der Waals surface area contributed by atoms with Gasteiger partial charge in [0.2, 0.25) is 0 Å². The molecular weight excluding hydrogens is 434 g/mol. The number of benzene rings is 2. The number of nitrogens with zero attached hydrogens (tertiary/aromatic N) is 1. The molecule has 2 aromatic carbocycles. The van der Waals surface area contributed by atoms with Gasteiger partial charge in [-0.2, -0.15) is 0 Å². The Morgan fingerprint density at radius 1 is 1.06 bits per heavy atom. The van der Waals surface area contributed by atoms with E-state index in [0.717, 1.165) is 11.1 Å². The first-order chi connectivity index (χ1) is 16.3. The summed E-state index contributed by atoms with van der Waals surface area (Å²) in [5.74, 6) is -0.698. The van der Waals surface area contributed by atoms with Crippen LogP contribution in [0.1, 0.15) is 50.4 Å². The molecule has 34 heavy (non-hydrogen) atoms. The van der Waals surface area contributed by atoms with E-state index in [2.05, 4.69) is 0 Å². The largest absolute Gasteiger partial charge is 0.507 e. The summed E-state index contributed by atoms with van der Waals surface area (Å²) in [6.45, 7) is 10.8. The predicted molar refractivity (Wildman–Crippen MR) is 130 cm³/mol. The molecule has 2 aromatic rings. The molecule has 1 aliphatic heterocycles. The van der Waals surface area contributed by atoms with E-state index in [1.165, 1.54) is 4.90 Å². The van der Waals surface area contributed by atoms with Gasteiger partial charge >= 0.3 is 0 Å². The lowest BCUT2D eigenvalue weighted by atomic mass is 9.92. The fourth-order valence-corrected chi connectivity index (χ4v) is 4.09. The van der Waals surface area contributed by atoms with Crippen molar-refractivity contribution >= 4 is 17.4 Å². The second-order valence-electron chi connectivity index (χ2n) is 8.29. The highest BCUT2D eigenvalue weighted by atomic mass is 16.5. The number of amides is 1. The number of aliphatic hydroxyl groups excluding tert-OH is 1. The summed E-state index contributed by atoms with van der Waals surface area (Å²) < 4.78 is 17.0. The molecule has 1 heterocycles. The second kappa shape index (κ2) is 11.2. The van der Waals surface area contributed by atoms with Crippen molar-refractivity contribution in [1.29, 1.82) is 0 Å². The van der Waals surface area contributed by atoms with Gasteiger partial charge in [-0.15, -0.1) is 0 Å². The molecule has 3 rings (SSSR count). The van der Waals surface area contributed by atoms with Crippen LogP contribution in [-0.2, 0) is 14.3 Å². The maximum Gasteiger partial charge on any atom is 0.295 e. The van der Waals surface area contributed by atoms with Crippen molar-refractivity contribution in [3.63, 3.8) is 0 Å². The summed E-state index contributed by atoms with van der Waals surface area (Å²) in [7, 11) is 0. The molecule has 1 N–H and O–H groups in total. The number of likely N-dealkylation sites (tertiary alicyclic amines) is 1. The number of hydrogen-bond donors (Lipinski definition) is 1. The van der Waals surface area contributed by atoms with E-state index in [1.54, 1.807) is 18.2 Å². The van der Waals surface area contributed by atoms with E-state index in [-0.39, 0.29) is 30.6 Å². The number of ether oxygens (including phenoxy) is 3. The molecule has 0 spiro atoms. The highest BCUT2D eigenvalue weighted by Crippen LogP contribution is 2.42. The van der Waals surface area contributed by atoms with E-state index in [0.29, 0.717) is 30.3 Å². The molecule has 1 amide bonds. The highest BCUT2D eigenvalue weighted by molar-refractivity contribution is 6.46. The van der Waals surface area contributed by atoms with Gasteiger partial charge in [0.25, 0.3) is 11.7 Å². The predicted octanol–water partition coefficient (Wildman–Crippen LogP) is 4.64. The Bertz CT molecular complexity index is 1070. The topological polar surface area (TPSA) is 85.3 Å². The van der Waals surface area contributed by atoms with Crippen LogP contribution in [0.5, 0.6) is 11.5 Å². The molecule has 1 unspecified atom stereocenters. The maximum absolute atomic E-state index is 13.2. The van der Waals surface area contributed by atoms with Crippen molar-refractivity contribution < 1.29 is 28.9 Å². The maximum atomic E-state index is 13.2. The van der Waals surface area contributed by atoms with Crippen LogP contribution in [0.15, 0.2) is 48.0 Å². The molecule has 0 radical (unpaired) electrons. The Labute approximate surface area is 200 Å². The Morgan fingerprint density at radius 3 is 2.41 bits per heavy atom. The first kappa shape index (κ1) is 25.3. The van der Waals surface area contributed by atoms with Crippen LogP contribution in [0.25, 0.3) is 5.76 Å². The van der Waals surface area contributed by atoms with Gasteiger partial charge < -0.3 is 24.2 Å². The summed E-state index contributed by atoms with van der Waals surface area (Å²) in [5, 5.41) is 11.4. The molecule has 0 bridgehead atoms. The van der Waals surface area contributed by atoms with Crippen LogP contribution in [0.4, 0.5) is 0 Å². The molecular formula is C27H33NO6. The Kier molecular flexibility index (Phi) is 8.34. The number of aliphatic hydroxyl groups is 1. The normalized spacial score (nSPS) is 17.5. The third-order valence-electron chi connectivity index (χ3n) is 5.63. The number of ketones is 1. The lowest BCUT2D eigenvalue weighted by Gasteiger charge is -2.27. The van der Waals surface area contributed by atoms with Gasteiger partial charge in [-0.3, -0.25) is 9.59 Å². The average Bonchev–Trinajstić information content (AvgIpc) is 3.04. The molecule has 1 saturated heterocycles. The number of carbonyl (C=O) groups is 2. The molecule has 0 aromatic heterocycles. The fraction of sp³-hybridized carbons (Fsp3) is 0.407. The van der Waals surface area contributed by atoms with Gasteiger partial charge in [-0.1, -0.05) is 24.3 Å². The van der Waals surface area contributed by atoms with Crippen molar-refractivity contribution in [2.75, 3.05) is 26.4 Å². The van der Waals surface area contributed by atoms with Gasteiger partial charge in [0.1, 0.15) is 17.3 Å². The standard InChI is InChI=1S/C27H33NO6/c1-6-32-19-12-13-21(22(16-19)33-7-2)25(29)23-24(20-11-9-8-10-18(20)5)28(27(31)26(23)30)14-15-34-17(3)4/h8-13,16-17,24,29H,6-7,14-15H2,1-5H3/b25-23+. The van der Waals surface area contributed by atoms with E-state index in [4.69, 9.17) is 14.2 Å². The van der Waals surface area contributed by atoms with Crippen molar-refractivity contribution in [3.05, 3.63) is 64.7 Å². The molecule has 0 aliphatic carbocycles. The zero-order valence-electron chi connectivity index (χ0n) is 20.5. The summed E-state index contributed by atoms with van der Waals surface area (Å²) in [6, 6.07) is 11.8. The lowest BCUT2D eigenvalue weighted by Crippen LogP contribution is -2.33. The van der Waals surface area contributed by atoms with Crippen molar-refractivity contribution in [1.82, 2.24) is 4.90 Å². The van der Waals surface area contributed by atoms with Gasteiger partial charge in [0, 0.05) is 12.6 Å². The van der Waals surface area contributed by atoms with Crippen LogP contribution in [0, 0.1) is 6.92 Å². The minimum Gasteiger partial charge on any atom is -0.507 e. The zero-order valence-corrected chi connectivity index (χ0v) is 20.5. The molecule has 1 aliphatic rings. The molecule has 0 saturated carbocycles. The monoisotopic (exact) mass is 467 g/mol. The molecule has 7 nitrogen and oxygen atoms in total. The minimum atomic E-state index is -0.738. The first-order valence-corrected chi connectivity index (χ1v) is 11.7. The van der Waals surface area contributed by atoms with Gasteiger partial charge in [0.15, 0.2) is 0 Å². The summed E-state index contributed by atoms with van der Waals surface area (Å²) in [5.41, 5.74) is 2.05. The van der Waals surface area contributed by atoms with Crippen LogP contribution in [-0.4, -0.2) is 54.2 Å². The number of carbonyl (C=O) groups excluding carboxylic acids is 2. The number of rotatable bonds is 10. The fourth-order valence-electron chi connectivity index (χ4n) is 4.09. The number of hydrogen-bond acceptors (Lipinski definition) is 6. The third-order valence-corrected chi connectivity index (χ3v) is 5.63. The molecule has 1 fully saturated rings.